The quantitative estimate of drug-likeness (QED) is 0.117. The summed E-state index contributed by atoms with van der Waals surface area (Å²) in [5.41, 5.74) is 6.86. The van der Waals surface area contributed by atoms with E-state index in [1.54, 1.807) is 18.7 Å². The van der Waals surface area contributed by atoms with Gasteiger partial charge in [-0.25, -0.2) is 19.6 Å². The van der Waals surface area contributed by atoms with Crippen molar-refractivity contribution in [3.8, 4) is 22.3 Å². The van der Waals surface area contributed by atoms with Gasteiger partial charge in [-0.15, -0.1) is 0 Å². The summed E-state index contributed by atoms with van der Waals surface area (Å²) in [7, 11) is 1.26. The van der Waals surface area contributed by atoms with Gasteiger partial charge in [0, 0.05) is 19.4 Å². The minimum Gasteiger partial charge on any atom is -0.465 e. The molecule has 3 aromatic carbocycles. The van der Waals surface area contributed by atoms with Gasteiger partial charge in [-0.05, 0) is 64.8 Å². The van der Waals surface area contributed by atoms with E-state index in [1.165, 1.54) is 12.0 Å². The van der Waals surface area contributed by atoms with Crippen molar-refractivity contribution in [2.75, 3.05) is 13.7 Å². The largest absolute Gasteiger partial charge is 0.465 e. The van der Waals surface area contributed by atoms with E-state index >= 15 is 0 Å². The summed E-state index contributed by atoms with van der Waals surface area (Å²) < 4.78 is 4.75. The molecule has 298 valence electrons. The third-order valence-corrected chi connectivity index (χ3v) is 11.7. The number of rotatable bonds is 8. The van der Waals surface area contributed by atoms with E-state index in [9.17, 15) is 34.5 Å². The highest BCUT2D eigenvalue weighted by molar-refractivity contribution is 5.89. The van der Waals surface area contributed by atoms with Crippen LogP contribution in [-0.2, 0) is 14.3 Å². The van der Waals surface area contributed by atoms with Crippen LogP contribution in [-0.4, -0.2) is 113 Å². The summed E-state index contributed by atoms with van der Waals surface area (Å²) in [6.45, 7) is 5.51. The minimum atomic E-state index is -1.28. The number of ether oxygens (including phenoxy) is 1. The molecule has 3 aliphatic heterocycles. The van der Waals surface area contributed by atoms with E-state index in [0.717, 1.165) is 38.8 Å². The number of benzene rings is 3. The zero-order valence-electron chi connectivity index (χ0n) is 32.0. The third-order valence-electron chi connectivity index (χ3n) is 11.7. The maximum absolute atomic E-state index is 13.7. The van der Waals surface area contributed by atoms with E-state index in [4.69, 9.17) is 14.7 Å². The molecule has 5 aromatic rings. The number of fused-ring (bicyclic) bond motifs is 3. The second-order valence-corrected chi connectivity index (χ2v) is 15.8. The highest BCUT2D eigenvalue weighted by Gasteiger charge is 2.52. The SMILES string of the molecule is COC(=O)N[C@@H]1C(=O)N2C(CC1C)[C@H](O)C[C@H]2c1nc2ccc(-c3ccc(-c4ccc5nc([C@@H]6C[C@@H](O)CN6C(=O)[C@@H](NC(=O)O)C(C)C)[nH]c5c4)cc3)cc2[nH]1. The topological polar surface area (TPSA) is 226 Å². The molecule has 7 N–H and O–H groups in total. The summed E-state index contributed by atoms with van der Waals surface area (Å²) in [6, 6.07) is 16.8. The van der Waals surface area contributed by atoms with Gasteiger partial charge in [0.25, 0.3) is 0 Å². The molecule has 0 radical (unpaired) electrons. The maximum Gasteiger partial charge on any atom is 0.407 e. The number of hydrogen-bond donors (Lipinski definition) is 7. The molecule has 57 heavy (non-hydrogen) atoms. The molecule has 0 aliphatic carbocycles. The van der Waals surface area contributed by atoms with Gasteiger partial charge in [0.2, 0.25) is 11.8 Å². The van der Waals surface area contributed by atoms with E-state index < -0.39 is 54.5 Å². The highest BCUT2D eigenvalue weighted by atomic mass is 16.5. The number of carbonyl (C=O) groups is 4. The van der Waals surface area contributed by atoms with Crippen molar-refractivity contribution in [1.29, 1.82) is 0 Å². The van der Waals surface area contributed by atoms with Crippen molar-refractivity contribution >= 4 is 46.1 Å². The molecule has 2 unspecified atom stereocenters. The number of β-amino-alcohol motifs (C(OH)–C–C–N with tert-alkyl or cyclic N) is 1. The molecule has 8 atom stereocenters. The van der Waals surface area contributed by atoms with Crippen molar-refractivity contribution in [3.63, 3.8) is 0 Å². The molecule has 16 nitrogen and oxygen atoms in total. The van der Waals surface area contributed by atoms with Gasteiger partial charge < -0.3 is 50.5 Å². The average molecular weight is 779 g/mol. The summed E-state index contributed by atoms with van der Waals surface area (Å²) in [5.74, 6) is -0.0210. The van der Waals surface area contributed by atoms with Crippen molar-refractivity contribution < 1.29 is 39.2 Å². The van der Waals surface area contributed by atoms with Crippen LogP contribution in [0, 0.1) is 11.8 Å². The number of carboxylic acid groups (broad SMARTS) is 1. The summed E-state index contributed by atoms with van der Waals surface area (Å²) in [6.07, 6.45) is -2.28. The first-order chi connectivity index (χ1) is 27.3. The van der Waals surface area contributed by atoms with Crippen LogP contribution in [0.25, 0.3) is 44.3 Å². The van der Waals surface area contributed by atoms with Crippen LogP contribution in [0.4, 0.5) is 9.59 Å². The molecule has 8 rings (SSSR count). The summed E-state index contributed by atoms with van der Waals surface area (Å²) in [5, 5.41) is 35.8. The van der Waals surface area contributed by atoms with Gasteiger partial charge in [-0.3, -0.25) is 9.59 Å². The minimum absolute atomic E-state index is 0.0826. The first kappa shape index (κ1) is 37.9. The number of hydrogen-bond acceptors (Lipinski definition) is 9. The number of likely N-dealkylation sites (tertiary alicyclic amines) is 1. The first-order valence-corrected chi connectivity index (χ1v) is 19.2. The number of aliphatic hydroxyl groups is 2. The van der Waals surface area contributed by atoms with Crippen LogP contribution >= 0.6 is 0 Å². The zero-order valence-corrected chi connectivity index (χ0v) is 32.0. The molecular weight excluding hydrogens is 732 g/mol. The van der Waals surface area contributed by atoms with Gasteiger partial charge in [0.05, 0.1) is 59.5 Å². The van der Waals surface area contributed by atoms with E-state index in [0.29, 0.717) is 30.0 Å². The number of amides is 4. The summed E-state index contributed by atoms with van der Waals surface area (Å²) in [4.78, 5) is 70.1. The summed E-state index contributed by atoms with van der Waals surface area (Å²) >= 11 is 0. The number of H-pyrrole nitrogens is 2. The Labute approximate surface area is 327 Å². The highest BCUT2D eigenvalue weighted by Crippen LogP contribution is 2.43. The van der Waals surface area contributed by atoms with Gasteiger partial charge in [0.1, 0.15) is 23.7 Å². The van der Waals surface area contributed by atoms with E-state index in [-0.39, 0.29) is 36.8 Å². The van der Waals surface area contributed by atoms with E-state index in [2.05, 4.69) is 20.6 Å². The third kappa shape index (κ3) is 7.03. The Balaban J connectivity index is 0.999. The lowest BCUT2D eigenvalue weighted by molar-refractivity contribution is -0.143. The Hall–Kier alpha value is -6.00. The number of nitrogens with zero attached hydrogens (tertiary/aromatic N) is 4. The monoisotopic (exact) mass is 778 g/mol. The Bertz CT molecular complexity index is 2360. The van der Waals surface area contributed by atoms with Crippen LogP contribution < -0.4 is 10.6 Å². The Morgan fingerprint density at radius 2 is 1.40 bits per heavy atom. The van der Waals surface area contributed by atoms with Crippen LogP contribution in [0.15, 0.2) is 60.7 Å². The molecule has 0 saturated carbocycles. The van der Waals surface area contributed by atoms with Crippen molar-refractivity contribution in [3.05, 3.63) is 72.3 Å². The molecule has 0 bridgehead atoms. The number of methoxy groups -OCH3 is 1. The van der Waals surface area contributed by atoms with Gasteiger partial charge in [-0.1, -0.05) is 57.2 Å². The van der Waals surface area contributed by atoms with Gasteiger partial charge in [0.15, 0.2) is 0 Å². The molecule has 3 fully saturated rings. The first-order valence-electron chi connectivity index (χ1n) is 19.2. The number of aromatic nitrogens is 4. The lowest BCUT2D eigenvalue weighted by atomic mass is 9.87. The number of nitrogens with one attached hydrogen (secondary N) is 4. The number of imidazole rings is 2. The van der Waals surface area contributed by atoms with Crippen LogP contribution in [0.5, 0.6) is 0 Å². The molecule has 3 aliphatic rings. The normalized spacial score (nSPS) is 25.2. The second-order valence-electron chi connectivity index (χ2n) is 15.8. The Morgan fingerprint density at radius 1 is 0.842 bits per heavy atom. The zero-order chi connectivity index (χ0) is 40.3. The fraction of sp³-hybridized carbons (Fsp3) is 0.415. The number of carbonyl (C=O) groups excluding carboxylic acids is 3. The fourth-order valence-electron chi connectivity index (χ4n) is 8.79. The molecule has 16 heteroatoms. The average Bonchev–Trinajstić information content (AvgIpc) is 3.98. The predicted molar refractivity (Wildman–Crippen MR) is 209 cm³/mol. The predicted octanol–water partition coefficient (Wildman–Crippen LogP) is 4.47. The van der Waals surface area contributed by atoms with E-state index in [1.807, 2.05) is 67.6 Å². The standard InChI is InChI=1S/C41H46N8O8/c1-19(2)34(46-40(54)55)38(52)48-18-25(50)16-31(48)36-42-26-11-9-23(14-28(26)44-36)21-5-7-22(8-6-21)24-10-12-27-29(15-24)45-37(43-27)32-17-33(51)30-13-20(3)35(39(53)49(30)32)47-41(56)57-4/h5-12,14-15,19-20,25,30-35,46,50-51H,13,16-18H2,1-4H3,(H,42,44)(H,43,45)(H,47,56)(H,54,55)/t20?,25-,30?,31+,32+,33-,34+,35+/m1/s1. The maximum atomic E-state index is 13.7. The molecule has 2 aromatic heterocycles. The van der Waals surface area contributed by atoms with Crippen LogP contribution in [0.1, 0.15) is 63.8 Å². The lowest BCUT2D eigenvalue weighted by Gasteiger charge is -2.41. The number of alkyl carbamates (subject to hydrolysis) is 1. The van der Waals surface area contributed by atoms with Crippen molar-refractivity contribution in [2.45, 2.75) is 82.5 Å². The molecular formula is C41H46N8O8. The molecule has 3 saturated heterocycles. The van der Waals surface area contributed by atoms with Gasteiger partial charge >= 0.3 is 12.2 Å². The number of aliphatic hydroxyl groups excluding tert-OH is 2. The molecule has 0 spiro atoms. The smallest absolute Gasteiger partial charge is 0.407 e. The second kappa shape index (κ2) is 14.8. The molecule has 4 amide bonds. The van der Waals surface area contributed by atoms with Crippen LogP contribution in [0.2, 0.25) is 0 Å². The molecule has 5 heterocycles. The van der Waals surface area contributed by atoms with Crippen molar-refractivity contribution in [1.82, 2.24) is 40.4 Å². The fourth-order valence-corrected chi connectivity index (χ4v) is 8.79. The van der Waals surface area contributed by atoms with Crippen molar-refractivity contribution in [2.24, 2.45) is 11.8 Å². The Morgan fingerprint density at radius 3 is 1.95 bits per heavy atom. The Kier molecular flexibility index (Phi) is 9.85. The van der Waals surface area contributed by atoms with Gasteiger partial charge in [-0.2, -0.15) is 0 Å². The number of piperidine rings is 1. The lowest BCUT2D eigenvalue weighted by Crippen LogP contribution is -2.59. The number of aromatic amines is 2. The van der Waals surface area contributed by atoms with Crippen LogP contribution in [0.3, 0.4) is 0 Å².